The fraction of sp³-hybridized carbons (Fsp3) is 0.0800. The number of nitrogens with two attached hydrogens (primary N) is 1. The predicted octanol–water partition coefficient (Wildman–Crippen LogP) is 4.63. The third kappa shape index (κ3) is 4.86. The van der Waals surface area contributed by atoms with Gasteiger partial charge < -0.3 is 25.2 Å². The minimum absolute atomic E-state index is 0.0749. The van der Waals surface area contributed by atoms with Gasteiger partial charge in [-0.1, -0.05) is 23.7 Å². The fourth-order valence-corrected chi connectivity index (χ4v) is 4.91. The Morgan fingerprint density at radius 3 is 2.79 bits per heavy atom. The van der Waals surface area contributed by atoms with Gasteiger partial charge in [0.15, 0.2) is 11.2 Å². The second-order valence-corrected chi connectivity index (χ2v) is 9.56. The Morgan fingerprint density at radius 1 is 1.11 bits per heavy atom. The van der Waals surface area contributed by atoms with Crippen molar-refractivity contribution in [2.45, 2.75) is 11.3 Å². The Hall–Kier alpha value is -4.55. The number of anilines is 3. The van der Waals surface area contributed by atoms with Crippen LogP contribution in [0.15, 0.2) is 81.2 Å². The van der Waals surface area contributed by atoms with Crippen molar-refractivity contribution in [3.63, 3.8) is 0 Å². The highest BCUT2D eigenvalue weighted by Gasteiger charge is 2.13. The van der Waals surface area contributed by atoms with Gasteiger partial charge in [-0.25, -0.2) is 0 Å². The van der Waals surface area contributed by atoms with Crippen LogP contribution in [-0.2, 0) is 6.42 Å². The molecule has 11 nitrogen and oxygen atoms in total. The molecule has 4 heterocycles. The second kappa shape index (κ2) is 10.1. The van der Waals surface area contributed by atoms with Crippen LogP contribution in [0.2, 0.25) is 5.02 Å². The van der Waals surface area contributed by atoms with E-state index in [9.17, 15) is 4.79 Å². The summed E-state index contributed by atoms with van der Waals surface area (Å²) in [7, 11) is 0. The maximum atomic E-state index is 12.2. The molecule has 13 heteroatoms. The highest BCUT2D eigenvalue weighted by molar-refractivity contribution is 8.00. The number of nitrogen functional groups attached to an aromatic ring is 1. The van der Waals surface area contributed by atoms with Crippen LogP contribution in [0.1, 0.15) is 5.56 Å². The van der Waals surface area contributed by atoms with Crippen LogP contribution in [-0.4, -0.2) is 36.1 Å². The summed E-state index contributed by atoms with van der Waals surface area (Å²) in [5.74, 6) is 1.79. The molecule has 0 spiro atoms. The van der Waals surface area contributed by atoms with Gasteiger partial charge in [0.25, 0.3) is 5.78 Å². The van der Waals surface area contributed by atoms with Crippen LogP contribution < -0.4 is 21.2 Å². The first-order chi connectivity index (χ1) is 18.5. The van der Waals surface area contributed by atoms with E-state index in [2.05, 4.69) is 35.1 Å². The largest absolute Gasteiger partial charge is 0.461 e. The molecule has 0 fully saturated rings. The maximum Gasteiger partial charge on any atom is 0.259 e. The van der Waals surface area contributed by atoms with Crippen molar-refractivity contribution in [1.82, 2.24) is 29.5 Å². The molecular weight excluding hydrogens is 526 g/mol. The molecule has 6 rings (SSSR count). The SMILES string of the molecule is Nc1nc(NCCc2ccc(NSc3cc(Cl)c4[nH]ccc(=O)c4c3)cc2)nc2nc(-c3ccco3)nn12. The van der Waals surface area contributed by atoms with Crippen molar-refractivity contribution in [1.29, 1.82) is 0 Å². The highest BCUT2D eigenvalue weighted by atomic mass is 35.5. The number of halogens is 1. The molecule has 2 aromatic carbocycles. The van der Waals surface area contributed by atoms with Crippen LogP contribution in [0.5, 0.6) is 0 Å². The van der Waals surface area contributed by atoms with Gasteiger partial charge in [-0.05, 0) is 60.3 Å². The molecule has 38 heavy (non-hydrogen) atoms. The van der Waals surface area contributed by atoms with E-state index in [0.717, 1.165) is 22.6 Å². The number of pyridine rings is 1. The van der Waals surface area contributed by atoms with Gasteiger partial charge >= 0.3 is 0 Å². The minimum atomic E-state index is -0.0749. The number of aromatic nitrogens is 6. The van der Waals surface area contributed by atoms with Gasteiger partial charge in [-0.2, -0.15) is 19.5 Å². The number of furan rings is 1. The summed E-state index contributed by atoms with van der Waals surface area (Å²) in [6.45, 7) is 0.598. The van der Waals surface area contributed by atoms with Crippen LogP contribution in [0, 0.1) is 0 Å². The maximum absolute atomic E-state index is 12.2. The van der Waals surface area contributed by atoms with Crippen LogP contribution in [0.3, 0.4) is 0 Å². The molecule has 0 bridgehead atoms. The normalized spacial score (nSPS) is 11.3. The molecule has 0 radical (unpaired) electrons. The first kappa shape index (κ1) is 23.8. The van der Waals surface area contributed by atoms with E-state index in [0.29, 0.717) is 45.8 Å². The number of H-pyrrole nitrogens is 1. The standard InChI is InChI=1S/C25H20ClN9O2S/c26-18-13-16(12-17-19(36)8-10-28-21(17)18)38-34-15-5-3-14(4-6-15)7-9-29-24-31-23(27)35-25(32-24)30-22(33-35)20-2-1-11-37-20/h1-6,8,10-13,34H,7,9H2,(H,28,36)(H3,27,29,30,31,32,33). The quantitative estimate of drug-likeness (QED) is 0.199. The summed E-state index contributed by atoms with van der Waals surface area (Å²) in [6, 6.07) is 16.7. The molecule has 0 amide bonds. The van der Waals surface area contributed by atoms with Crippen molar-refractivity contribution in [2.75, 3.05) is 22.3 Å². The summed E-state index contributed by atoms with van der Waals surface area (Å²) >= 11 is 7.73. The summed E-state index contributed by atoms with van der Waals surface area (Å²) in [6.07, 6.45) is 3.89. The Bertz CT molecular complexity index is 1800. The molecule has 0 saturated heterocycles. The number of hydrogen-bond acceptors (Lipinski definition) is 10. The Kier molecular flexibility index (Phi) is 6.32. The van der Waals surface area contributed by atoms with E-state index in [1.807, 2.05) is 36.4 Å². The molecule has 0 aliphatic heterocycles. The lowest BCUT2D eigenvalue weighted by atomic mass is 10.1. The first-order valence-electron chi connectivity index (χ1n) is 11.5. The number of nitrogens with zero attached hydrogens (tertiary/aromatic N) is 5. The molecule has 6 aromatic rings. The van der Waals surface area contributed by atoms with E-state index < -0.39 is 0 Å². The topological polar surface area (TPSA) is 152 Å². The zero-order chi connectivity index (χ0) is 26.1. The average Bonchev–Trinajstić information content (AvgIpc) is 3.60. The molecule has 0 saturated carbocycles. The van der Waals surface area contributed by atoms with Crippen LogP contribution in [0.4, 0.5) is 17.6 Å². The highest BCUT2D eigenvalue weighted by Crippen LogP contribution is 2.28. The second-order valence-electron chi connectivity index (χ2n) is 8.28. The molecule has 0 aliphatic rings. The van der Waals surface area contributed by atoms with E-state index >= 15 is 0 Å². The van der Waals surface area contributed by atoms with Crippen molar-refractivity contribution in [3.05, 3.63) is 87.9 Å². The van der Waals surface area contributed by atoms with Crippen molar-refractivity contribution >= 4 is 57.8 Å². The van der Waals surface area contributed by atoms with Crippen LogP contribution >= 0.6 is 23.5 Å². The van der Waals surface area contributed by atoms with Gasteiger partial charge in [0, 0.05) is 34.8 Å². The van der Waals surface area contributed by atoms with E-state index in [4.69, 9.17) is 21.8 Å². The van der Waals surface area contributed by atoms with Gasteiger partial charge in [0.2, 0.25) is 17.7 Å². The summed E-state index contributed by atoms with van der Waals surface area (Å²) < 4.78 is 10.00. The van der Waals surface area contributed by atoms with Gasteiger partial charge in [-0.15, -0.1) is 5.10 Å². The van der Waals surface area contributed by atoms with E-state index in [1.165, 1.54) is 22.5 Å². The number of fused-ring (bicyclic) bond motifs is 2. The van der Waals surface area contributed by atoms with Gasteiger partial charge in [0.05, 0.1) is 16.8 Å². The average molecular weight is 546 g/mol. The Balaban J connectivity index is 1.06. The van der Waals surface area contributed by atoms with Crippen molar-refractivity contribution in [3.8, 4) is 11.6 Å². The third-order valence-electron chi connectivity index (χ3n) is 5.70. The van der Waals surface area contributed by atoms with E-state index in [-0.39, 0.29) is 11.4 Å². The smallest absolute Gasteiger partial charge is 0.259 e. The molecule has 0 unspecified atom stereocenters. The number of aromatic amines is 1. The van der Waals surface area contributed by atoms with Crippen LogP contribution in [0.25, 0.3) is 28.3 Å². The zero-order valence-corrected chi connectivity index (χ0v) is 21.3. The lowest BCUT2D eigenvalue weighted by Gasteiger charge is -2.09. The summed E-state index contributed by atoms with van der Waals surface area (Å²) in [4.78, 5) is 29.0. The number of benzene rings is 2. The lowest BCUT2D eigenvalue weighted by molar-refractivity contribution is 0.577. The minimum Gasteiger partial charge on any atom is -0.461 e. The number of rotatable bonds is 8. The molecular formula is C25H20ClN9O2S. The lowest BCUT2D eigenvalue weighted by Crippen LogP contribution is -2.12. The predicted molar refractivity (Wildman–Crippen MR) is 148 cm³/mol. The molecule has 190 valence electrons. The first-order valence-corrected chi connectivity index (χ1v) is 12.7. The molecule has 0 atom stereocenters. The summed E-state index contributed by atoms with van der Waals surface area (Å²) in [5.41, 5.74) is 8.65. The molecule has 5 N–H and O–H groups in total. The number of hydrogen-bond donors (Lipinski definition) is 4. The summed E-state index contributed by atoms with van der Waals surface area (Å²) in [5, 5.41) is 8.53. The van der Waals surface area contributed by atoms with Gasteiger partial charge in [0.1, 0.15) is 0 Å². The molecule has 0 aliphatic carbocycles. The van der Waals surface area contributed by atoms with Crippen molar-refractivity contribution < 1.29 is 4.42 Å². The Labute approximate surface area is 224 Å². The monoisotopic (exact) mass is 545 g/mol. The third-order valence-corrected chi connectivity index (χ3v) is 6.81. The van der Waals surface area contributed by atoms with Gasteiger partial charge in [-0.3, -0.25) is 4.79 Å². The zero-order valence-electron chi connectivity index (χ0n) is 19.7. The molecule has 4 aromatic heterocycles. The fourth-order valence-electron chi connectivity index (χ4n) is 3.84. The van der Waals surface area contributed by atoms with Crippen molar-refractivity contribution in [2.24, 2.45) is 0 Å². The number of nitrogens with one attached hydrogen (secondary N) is 3. The Morgan fingerprint density at radius 2 is 1.97 bits per heavy atom. The van der Waals surface area contributed by atoms with E-state index in [1.54, 1.807) is 24.6 Å².